The first-order valence-electron chi connectivity index (χ1n) is 9.98. The van der Waals surface area contributed by atoms with Crippen LogP contribution >= 0.6 is 22.7 Å². The second-order valence-corrected chi connectivity index (χ2v) is 9.43. The monoisotopic (exact) mass is 458 g/mol. The van der Waals surface area contributed by atoms with Crippen molar-refractivity contribution in [3.63, 3.8) is 0 Å². The highest BCUT2D eigenvalue weighted by molar-refractivity contribution is 7.19. The predicted molar refractivity (Wildman–Crippen MR) is 127 cm³/mol. The quantitative estimate of drug-likeness (QED) is 0.584. The zero-order chi connectivity index (χ0) is 22.1. The smallest absolute Gasteiger partial charge is 0.249 e. The molecule has 3 heterocycles. The van der Waals surface area contributed by atoms with Crippen LogP contribution < -0.4 is 20.7 Å². The molecule has 0 radical (unpaired) electrons. The fourth-order valence-electron chi connectivity index (χ4n) is 3.52. The van der Waals surface area contributed by atoms with E-state index in [0.29, 0.717) is 22.1 Å². The molecule has 8 nitrogen and oxygen atoms in total. The van der Waals surface area contributed by atoms with Gasteiger partial charge >= 0.3 is 0 Å². The average molecular weight is 459 g/mol. The third kappa shape index (κ3) is 4.51. The minimum absolute atomic E-state index is 0.454. The van der Waals surface area contributed by atoms with E-state index < -0.39 is 5.91 Å². The lowest BCUT2D eigenvalue weighted by Gasteiger charge is -2.32. The predicted octanol–water partition coefficient (Wildman–Crippen LogP) is 3.49. The maximum absolute atomic E-state index is 11.7. The van der Waals surface area contributed by atoms with Gasteiger partial charge in [-0.15, -0.1) is 11.3 Å². The zero-order valence-electron chi connectivity index (χ0n) is 18.1. The van der Waals surface area contributed by atoms with E-state index >= 15 is 0 Å². The molecular weight excluding hydrogens is 432 g/mol. The molecule has 31 heavy (non-hydrogen) atoms. The van der Waals surface area contributed by atoms with Crippen LogP contribution in [0.15, 0.2) is 17.5 Å². The largest absolute Gasteiger partial charge is 0.495 e. The number of carbonyl (C=O) groups excluding carboxylic acids is 1. The van der Waals surface area contributed by atoms with Crippen LogP contribution in [0.5, 0.6) is 5.75 Å². The molecule has 3 N–H and O–H groups in total. The number of piperazine rings is 1. The lowest BCUT2D eigenvalue weighted by atomic mass is 10.1. The number of rotatable bonds is 6. The summed E-state index contributed by atoms with van der Waals surface area (Å²) < 4.78 is 5.47. The number of likely N-dealkylation sites (N-methyl/N-ethyl adjacent to an activating group) is 1. The molecule has 0 atom stereocenters. The summed E-state index contributed by atoms with van der Waals surface area (Å²) in [6.07, 6.45) is 0. The van der Waals surface area contributed by atoms with Crippen molar-refractivity contribution >= 4 is 44.5 Å². The Morgan fingerprint density at radius 1 is 1.19 bits per heavy atom. The number of thiazole rings is 2. The standard InChI is InChI=1S/C21H26N6O2S2/c1-12-9-17(29-4)15(10-14(12)19(22)28)24-20-25-16(11-30-20)18-13(2)23-21(31-18)27-7-5-26(3)6-8-27/h9-11H,5-8H2,1-4H3,(H2,22,28)(H,24,25). The van der Waals surface area contributed by atoms with Crippen molar-refractivity contribution in [3.8, 4) is 16.3 Å². The Bertz CT molecular complexity index is 1100. The van der Waals surface area contributed by atoms with Gasteiger partial charge in [0.1, 0.15) is 5.75 Å². The third-order valence-electron chi connectivity index (χ3n) is 5.35. The number of nitrogens with one attached hydrogen (secondary N) is 1. The van der Waals surface area contributed by atoms with Crippen molar-refractivity contribution in [1.29, 1.82) is 0 Å². The van der Waals surface area contributed by atoms with Gasteiger partial charge in [-0.05, 0) is 38.6 Å². The van der Waals surface area contributed by atoms with Crippen molar-refractivity contribution in [2.45, 2.75) is 13.8 Å². The molecule has 164 valence electrons. The van der Waals surface area contributed by atoms with E-state index in [1.807, 2.05) is 19.2 Å². The Labute approximate surface area is 189 Å². The Kier molecular flexibility index (Phi) is 6.12. The number of nitrogens with two attached hydrogens (primary N) is 1. The highest BCUT2D eigenvalue weighted by Gasteiger charge is 2.21. The highest BCUT2D eigenvalue weighted by Crippen LogP contribution is 2.38. The molecular formula is C21H26N6O2S2. The first-order chi connectivity index (χ1) is 14.9. The molecule has 1 aliphatic heterocycles. The first kappa shape index (κ1) is 21.5. The lowest BCUT2D eigenvalue weighted by Crippen LogP contribution is -2.44. The van der Waals surface area contributed by atoms with E-state index in [4.69, 9.17) is 20.4 Å². The second kappa shape index (κ2) is 8.81. The summed E-state index contributed by atoms with van der Waals surface area (Å²) in [6, 6.07) is 3.51. The molecule has 10 heteroatoms. The van der Waals surface area contributed by atoms with Crippen molar-refractivity contribution in [1.82, 2.24) is 14.9 Å². The fourth-order valence-corrected chi connectivity index (χ4v) is 5.38. The van der Waals surface area contributed by atoms with Crippen LogP contribution in [0.2, 0.25) is 0 Å². The van der Waals surface area contributed by atoms with E-state index in [-0.39, 0.29) is 0 Å². The highest BCUT2D eigenvalue weighted by atomic mass is 32.1. The van der Waals surface area contributed by atoms with Gasteiger partial charge in [0, 0.05) is 37.1 Å². The summed E-state index contributed by atoms with van der Waals surface area (Å²) in [6.45, 7) is 7.93. The normalized spacial score (nSPS) is 14.6. The molecule has 3 aromatic rings. The van der Waals surface area contributed by atoms with E-state index in [1.54, 1.807) is 30.6 Å². The average Bonchev–Trinajstić information content (AvgIpc) is 3.35. The van der Waals surface area contributed by atoms with Gasteiger partial charge < -0.3 is 25.6 Å². The third-order valence-corrected chi connectivity index (χ3v) is 7.35. The molecule has 1 amide bonds. The number of ether oxygens (including phenoxy) is 1. The van der Waals surface area contributed by atoms with Crippen LogP contribution in [0.25, 0.3) is 10.6 Å². The van der Waals surface area contributed by atoms with Gasteiger partial charge in [-0.2, -0.15) is 0 Å². The van der Waals surface area contributed by atoms with E-state index in [9.17, 15) is 4.79 Å². The molecule has 1 aliphatic rings. The molecule has 4 rings (SSSR count). The molecule has 1 aromatic carbocycles. The van der Waals surface area contributed by atoms with Crippen LogP contribution in [-0.4, -0.2) is 61.1 Å². The van der Waals surface area contributed by atoms with E-state index in [1.165, 1.54) is 11.3 Å². The van der Waals surface area contributed by atoms with E-state index in [0.717, 1.165) is 53.1 Å². The molecule has 0 aliphatic carbocycles. The summed E-state index contributed by atoms with van der Waals surface area (Å²) in [5.41, 5.74) is 9.26. The summed E-state index contributed by atoms with van der Waals surface area (Å²) in [5.74, 6) is 0.158. The molecule has 0 unspecified atom stereocenters. The Morgan fingerprint density at radius 3 is 2.61 bits per heavy atom. The molecule has 2 aromatic heterocycles. The number of hydrogen-bond acceptors (Lipinski definition) is 9. The number of nitrogens with zero attached hydrogens (tertiary/aromatic N) is 4. The summed E-state index contributed by atoms with van der Waals surface area (Å²) in [7, 11) is 3.74. The Hall–Kier alpha value is -2.69. The summed E-state index contributed by atoms with van der Waals surface area (Å²) in [5, 5.41) is 7.05. The minimum Gasteiger partial charge on any atom is -0.495 e. The number of hydrogen-bond donors (Lipinski definition) is 2. The van der Waals surface area contributed by atoms with Crippen LogP contribution in [0.3, 0.4) is 0 Å². The molecule has 1 saturated heterocycles. The first-order valence-corrected chi connectivity index (χ1v) is 11.7. The topological polar surface area (TPSA) is 96.6 Å². The SMILES string of the molecule is COc1cc(C)c(C(N)=O)cc1Nc1nc(-c2sc(N3CCN(C)CC3)nc2C)cs1. The van der Waals surface area contributed by atoms with Gasteiger partial charge in [0.25, 0.3) is 0 Å². The number of amides is 1. The molecule has 1 fully saturated rings. The lowest BCUT2D eigenvalue weighted by molar-refractivity contribution is 0.0999. The number of anilines is 3. The van der Waals surface area contributed by atoms with Crippen molar-refractivity contribution in [2.24, 2.45) is 5.73 Å². The van der Waals surface area contributed by atoms with Crippen molar-refractivity contribution in [3.05, 3.63) is 34.3 Å². The minimum atomic E-state index is -0.472. The number of aromatic nitrogens is 2. The maximum atomic E-state index is 11.7. The molecule has 0 spiro atoms. The second-order valence-electron chi connectivity index (χ2n) is 7.60. The number of carbonyl (C=O) groups is 1. The molecule has 0 saturated carbocycles. The fraction of sp³-hybridized carbons (Fsp3) is 0.381. The number of methoxy groups -OCH3 is 1. The number of benzene rings is 1. The summed E-state index contributed by atoms with van der Waals surface area (Å²) >= 11 is 3.18. The molecule has 0 bridgehead atoms. The van der Waals surface area contributed by atoms with Crippen molar-refractivity contribution in [2.75, 3.05) is 50.6 Å². The Balaban J connectivity index is 1.57. The van der Waals surface area contributed by atoms with Crippen LogP contribution in [0.1, 0.15) is 21.6 Å². The van der Waals surface area contributed by atoms with Crippen LogP contribution in [-0.2, 0) is 0 Å². The van der Waals surface area contributed by atoms with Gasteiger partial charge in [-0.3, -0.25) is 4.79 Å². The van der Waals surface area contributed by atoms with E-state index in [2.05, 4.69) is 22.2 Å². The van der Waals surface area contributed by atoms with Gasteiger partial charge in [0.2, 0.25) is 5.91 Å². The van der Waals surface area contributed by atoms with Crippen LogP contribution in [0, 0.1) is 13.8 Å². The van der Waals surface area contributed by atoms with Crippen molar-refractivity contribution < 1.29 is 9.53 Å². The Morgan fingerprint density at radius 2 is 1.94 bits per heavy atom. The zero-order valence-corrected chi connectivity index (χ0v) is 19.7. The van der Waals surface area contributed by atoms with Gasteiger partial charge in [0.05, 0.1) is 29.1 Å². The summed E-state index contributed by atoms with van der Waals surface area (Å²) in [4.78, 5) is 27.0. The number of primary amides is 1. The maximum Gasteiger partial charge on any atom is 0.249 e. The van der Waals surface area contributed by atoms with Gasteiger partial charge in [-0.25, -0.2) is 9.97 Å². The van der Waals surface area contributed by atoms with Gasteiger partial charge in [-0.1, -0.05) is 11.3 Å². The number of aryl methyl sites for hydroxylation is 2. The van der Waals surface area contributed by atoms with Crippen LogP contribution in [0.4, 0.5) is 16.0 Å². The van der Waals surface area contributed by atoms with Gasteiger partial charge in [0.15, 0.2) is 10.3 Å².